The highest BCUT2D eigenvalue weighted by Crippen LogP contribution is 2.37. The minimum atomic E-state index is -0.437. The second-order valence-electron chi connectivity index (χ2n) is 7.25. The van der Waals surface area contributed by atoms with Gasteiger partial charge < -0.3 is 0 Å². The molecule has 1 saturated carbocycles. The summed E-state index contributed by atoms with van der Waals surface area (Å²) in [5, 5.41) is 2.18. The first-order valence-electron chi connectivity index (χ1n) is 9.69. The van der Waals surface area contributed by atoms with Gasteiger partial charge in [0, 0.05) is 11.1 Å². The predicted molar refractivity (Wildman–Crippen MR) is 113 cm³/mol. The lowest BCUT2D eigenvalue weighted by Gasteiger charge is -2.28. The number of benzene rings is 2. The summed E-state index contributed by atoms with van der Waals surface area (Å²) in [6.07, 6.45) is 7.98. The minimum absolute atomic E-state index is 0.188. The van der Waals surface area contributed by atoms with Crippen LogP contribution in [-0.2, 0) is 0 Å². The Morgan fingerprint density at radius 3 is 2.30 bits per heavy atom. The van der Waals surface area contributed by atoms with Crippen molar-refractivity contribution in [3.63, 3.8) is 0 Å². The highest BCUT2D eigenvalue weighted by Gasteiger charge is 2.21. The zero-order valence-electron chi connectivity index (χ0n) is 15.7. The van der Waals surface area contributed by atoms with Crippen molar-refractivity contribution in [3.8, 4) is 11.8 Å². The van der Waals surface area contributed by atoms with Crippen LogP contribution in [0.5, 0.6) is 0 Å². The largest absolute Gasteiger partial charge is 0.205 e. The van der Waals surface area contributed by atoms with Crippen molar-refractivity contribution < 1.29 is 4.39 Å². The maximum Gasteiger partial charge on any atom is 0.150 e. The fourth-order valence-electron chi connectivity index (χ4n) is 3.90. The first-order chi connectivity index (χ1) is 13.2. The normalized spacial score (nSPS) is 18.9. The van der Waals surface area contributed by atoms with Crippen molar-refractivity contribution in [2.75, 3.05) is 0 Å². The number of halogens is 1. The van der Waals surface area contributed by atoms with Gasteiger partial charge in [-0.3, -0.25) is 0 Å². The van der Waals surface area contributed by atoms with Gasteiger partial charge in [-0.1, -0.05) is 43.7 Å². The Kier molecular flexibility index (Phi) is 6.93. The topological polar surface area (TPSA) is 12.4 Å². The van der Waals surface area contributed by atoms with E-state index >= 15 is 0 Å². The third-order valence-corrected chi connectivity index (χ3v) is 5.48. The highest BCUT2D eigenvalue weighted by molar-refractivity contribution is 7.78. The van der Waals surface area contributed by atoms with E-state index in [1.807, 2.05) is 0 Å². The molecule has 0 N–H and O–H groups in total. The lowest BCUT2D eigenvalue weighted by atomic mass is 9.77. The van der Waals surface area contributed by atoms with Gasteiger partial charge in [-0.05, 0) is 85.6 Å². The number of thiocarbonyl (C=S) groups is 1. The average molecular weight is 378 g/mol. The van der Waals surface area contributed by atoms with E-state index in [4.69, 9.17) is 0 Å². The minimum Gasteiger partial charge on any atom is -0.205 e. The van der Waals surface area contributed by atoms with Crippen LogP contribution >= 0.6 is 12.2 Å². The van der Waals surface area contributed by atoms with E-state index in [1.165, 1.54) is 50.2 Å². The number of aliphatic imine (C=N–C) groups is 1. The van der Waals surface area contributed by atoms with Gasteiger partial charge >= 0.3 is 0 Å². The standard InChI is InChI=1S/C24H24FNS/c1-2-3-18-6-11-21(12-7-18)22-13-8-19(9-14-22)4-5-20-10-15-24(26-17-27)23(25)16-20/h8-10,13-16,18,21H,2-3,6-7,11-12H2,1H3. The van der Waals surface area contributed by atoms with Gasteiger partial charge in [0.2, 0.25) is 0 Å². The van der Waals surface area contributed by atoms with Crippen molar-refractivity contribution in [2.45, 2.75) is 51.4 Å². The lowest BCUT2D eigenvalue weighted by molar-refractivity contribution is 0.308. The van der Waals surface area contributed by atoms with E-state index in [9.17, 15) is 4.39 Å². The molecule has 0 unspecified atom stereocenters. The molecule has 3 heteroatoms. The van der Waals surface area contributed by atoms with Crippen LogP contribution < -0.4 is 0 Å². The zero-order valence-corrected chi connectivity index (χ0v) is 16.5. The maximum atomic E-state index is 13.8. The van der Waals surface area contributed by atoms with Crippen LogP contribution in [0, 0.1) is 23.6 Å². The van der Waals surface area contributed by atoms with E-state index in [0.29, 0.717) is 11.5 Å². The molecule has 0 atom stereocenters. The summed E-state index contributed by atoms with van der Waals surface area (Å²) in [4.78, 5) is 3.68. The molecule has 138 valence electrons. The highest BCUT2D eigenvalue weighted by atomic mass is 32.1. The number of isothiocyanates is 1. The number of hydrogen-bond acceptors (Lipinski definition) is 2. The molecule has 27 heavy (non-hydrogen) atoms. The van der Waals surface area contributed by atoms with Crippen LogP contribution in [0.2, 0.25) is 0 Å². The van der Waals surface area contributed by atoms with E-state index < -0.39 is 5.82 Å². The van der Waals surface area contributed by atoms with E-state index in [0.717, 1.165) is 11.5 Å². The predicted octanol–water partition coefficient (Wildman–Crippen LogP) is 7.03. The molecule has 0 saturated heterocycles. The third kappa shape index (κ3) is 5.36. The van der Waals surface area contributed by atoms with Crippen molar-refractivity contribution in [1.82, 2.24) is 0 Å². The third-order valence-electron chi connectivity index (χ3n) is 5.39. The van der Waals surface area contributed by atoms with Crippen molar-refractivity contribution in [1.29, 1.82) is 0 Å². The molecule has 1 nitrogen and oxygen atoms in total. The number of hydrogen-bond donors (Lipinski definition) is 0. The molecule has 0 bridgehead atoms. The smallest absolute Gasteiger partial charge is 0.150 e. The molecule has 0 radical (unpaired) electrons. The summed E-state index contributed by atoms with van der Waals surface area (Å²) in [7, 11) is 0. The first-order valence-corrected chi connectivity index (χ1v) is 10.1. The zero-order chi connectivity index (χ0) is 19.1. The molecule has 0 spiro atoms. The Hall–Kier alpha value is -2.27. The molecular formula is C24H24FNS. The van der Waals surface area contributed by atoms with Crippen LogP contribution in [0.15, 0.2) is 47.5 Å². The fourth-order valence-corrected chi connectivity index (χ4v) is 4.00. The van der Waals surface area contributed by atoms with Crippen LogP contribution in [0.3, 0.4) is 0 Å². The van der Waals surface area contributed by atoms with E-state index in [1.54, 1.807) is 12.1 Å². The average Bonchev–Trinajstić information content (AvgIpc) is 2.70. The second-order valence-corrected chi connectivity index (χ2v) is 7.43. The molecule has 1 fully saturated rings. The number of nitrogens with zero attached hydrogens (tertiary/aromatic N) is 1. The van der Waals surface area contributed by atoms with Gasteiger partial charge in [0.15, 0.2) is 5.82 Å². The Morgan fingerprint density at radius 1 is 1.00 bits per heavy atom. The molecule has 1 aliphatic rings. The molecular weight excluding hydrogens is 353 g/mol. The van der Waals surface area contributed by atoms with Crippen LogP contribution in [0.1, 0.15) is 68.1 Å². The van der Waals surface area contributed by atoms with Crippen molar-refractivity contribution in [2.24, 2.45) is 10.9 Å². The van der Waals surface area contributed by atoms with E-state index in [-0.39, 0.29) is 5.69 Å². The number of rotatable bonds is 4. The SMILES string of the molecule is CCCC1CCC(c2ccc(C#Cc3ccc(N=C=S)c(F)c3)cc2)CC1. The Morgan fingerprint density at radius 2 is 1.67 bits per heavy atom. The van der Waals surface area contributed by atoms with Crippen molar-refractivity contribution in [3.05, 3.63) is 65.0 Å². The van der Waals surface area contributed by atoms with Crippen LogP contribution in [0.4, 0.5) is 10.1 Å². The molecule has 0 heterocycles. The summed E-state index contributed by atoms with van der Waals surface area (Å²) in [6, 6.07) is 13.2. The first kappa shape index (κ1) is 19.5. The molecule has 2 aromatic rings. The van der Waals surface area contributed by atoms with Crippen LogP contribution in [-0.4, -0.2) is 5.16 Å². The summed E-state index contributed by atoms with van der Waals surface area (Å²) in [6.45, 7) is 2.28. The molecule has 0 aromatic heterocycles. The Bertz CT molecular complexity index is 877. The Labute approximate surface area is 166 Å². The van der Waals surface area contributed by atoms with Gasteiger partial charge in [-0.25, -0.2) is 4.39 Å². The monoisotopic (exact) mass is 377 g/mol. The molecule has 0 amide bonds. The summed E-state index contributed by atoms with van der Waals surface area (Å²) in [5.41, 5.74) is 3.17. The summed E-state index contributed by atoms with van der Waals surface area (Å²) < 4.78 is 13.8. The molecule has 2 aromatic carbocycles. The van der Waals surface area contributed by atoms with Gasteiger partial charge in [0.05, 0.1) is 5.16 Å². The van der Waals surface area contributed by atoms with E-state index in [2.05, 4.69) is 65.4 Å². The summed E-state index contributed by atoms with van der Waals surface area (Å²) in [5.74, 6) is 7.30. The maximum absolute atomic E-state index is 13.8. The fraction of sp³-hybridized carbons (Fsp3) is 0.375. The van der Waals surface area contributed by atoms with Crippen molar-refractivity contribution >= 4 is 23.1 Å². The van der Waals surface area contributed by atoms with Gasteiger partial charge in [-0.15, -0.1) is 0 Å². The molecule has 0 aliphatic heterocycles. The summed E-state index contributed by atoms with van der Waals surface area (Å²) >= 11 is 4.51. The van der Waals surface area contributed by atoms with Gasteiger partial charge in [0.1, 0.15) is 5.69 Å². The lowest BCUT2D eigenvalue weighted by Crippen LogP contribution is -2.13. The van der Waals surface area contributed by atoms with Crippen LogP contribution in [0.25, 0.3) is 0 Å². The van der Waals surface area contributed by atoms with Gasteiger partial charge in [0.25, 0.3) is 0 Å². The molecule has 3 rings (SSSR count). The second kappa shape index (κ2) is 9.60. The van der Waals surface area contributed by atoms with Gasteiger partial charge in [-0.2, -0.15) is 4.99 Å². The Balaban J connectivity index is 1.64. The quantitative estimate of drug-likeness (QED) is 0.316. The molecule has 1 aliphatic carbocycles.